The van der Waals surface area contributed by atoms with Crippen LogP contribution in [0, 0.1) is 17.0 Å². The van der Waals surface area contributed by atoms with E-state index < -0.39 is 29.1 Å². The number of methoxy groups -OCH3 is 1. The maximum absolute atomic E-state index is 13.5. The highest BCUT2D eigenvalue weighted by molar-refractivity contribution is 5.77. The molecule has 0 aliphatic heterocycles. The molecule has 0 unspecified atom stereocenters. The van der Waals surface area contributed by atoms with Gasteiger partial charge in [0, 0.05) is 17.7 Å². The summed E-state index contributed by atoms with van der Waals surface area (Å²) < 4.78 is 30.9. The Morgan fingerprint density at radius 1 is 1.41 bits per heavy atom. The number of halogens is 2. The van der Waals surface area contributed by atoms with Gasteiger partial charge < -0.3 is 10.5 Å². The quantitative estimate of drug-likeness (QED) is 0.828. The van der Waals surface area contributed by atoms with Gasteiger partial charge >= 0.3 is 5.97 Å². The second-order valence-corrected chi connectivity index (χ2v) is 4.36. The number of hydrogen-bond acceptors (Lipinski definition) is 3. The highest BCUT2D eigenvalue weighted by Crippen LogP contribution is 2.33. The van der Waals surface area contributed by atoms with Gasteiger partial charge in [-0.25, -0.2) is 8.78 Å². The first-order chi connectivity index (χ1) is 7.80. The second-order valence-electron chi connectivity index (χ2n) is 4.36. The van der Waals surface area contributed by atoms with Gasteiger partial charge in [-0.15, -0.1) is 0 Å². The minimum absolute atomic E-state index is 0.0850. The van der Waals surface area contributed by atoms with Crippen LogP contribution in [0.25, 0.3) is 0 Å². The third kappa shape index (κ3) is 2.61. The average Bonchev–Trinajstić information content (AvgIpc) is 2.27. The Morgan fingerprint density at radius 3 is 2.47 bits per heavy atom. The predicted molar refractivity (Wildman–Crippen MR) is 59.1 cm³/mol. The lowest BCUT2D eigenvalue weighted by Gasteiger charge is -2.29. The monoisotopic (exact) mass is 243 g/mol. The Bertz CT molecular complexity index is 433. The van der Waals surface area contributed by atoms with Crippen LogP contribution in [-0.4, -0.2) is 13.1 Å². The number of hydrogen-bond donors (Lipinski definition) is 1. The molecule has 1 aromatic carbocycles. The summed E-state index contributed by atoms with van der Waals surface area (Å²) >= 11 is 0. The van der Waals surface area contributed by atoms with Crippen molar-refractivity contribution in [2.24, 2.45) is 11.1 Å². The molecule has 0 saturated heterocycles. The molecule has 17 heavy (non-hydrogen) atoms. The first-order valence-electron chi connectivity index (χ1n) is 5.09. The summed E-state index contributed by atoms with van der Waals surface area (Å²) in [5.74, 6) is -2.00. The fraction of sp³-hybridized carbons (Fsp3) is 0.417. The normalized spacial score (nSPS) is 13.3. The van der Waals surface area contributed by atoms with E-state index in [0.717, 1.165) is 12.1 Å². The van der Waals surface area contributed by atoms with E-state index in [2.05, 4.69) is 4.74 Å². The number of ether oxygens (including phenoxy) is 1. The summed E-state index contributed by atoms with van der Waals surface area (Å²) in [4.78, 5) is 11.5. The van der Waals surface area contributed by atoms with Gasteiger partial charge in [-0.3, -0.25) is 4.79 Å². The topological polar surface area (TPSA) is 52.3 Å². The van der Waals surface area contributed by atoms with E-state index in [-0.39, 0.29) is 5.56 Å². The zero-order valence-corrected chi connectivity index (χ0v) is 9.96. The summed E-state index contributed by atoms with van der Waals surface area (Å²) in [7, 11) is 1.23. The molecule has 1 atom stereocenters. The summed E-state index contributed by atoms with van der Waals surface area (Å²) in [6.07, 6.45) is 0. The number of nitrogens with two attached hydrogens (primary N) is 1. The van der Waals surface area contributed by atoms with E-state index in [9.17, 15) is 13.6 Å². The first-order valence-corrected chi connectivity index (χ1v) is 5.09. The molecule has 0 spiro atoms. The second kappa shape index (κ2) is 4.79. The highest BCUT2D eigenvalue weighted by Gasteiger charge is 2.37. The fourth-order valence-corrected chi connectivity index (χ4v) is 1.53. The van der Waals surface area contributed by atoms with Crippen LogP contribution >= 0.6 is 0 Å². The molecule has 0 aliphatic rings. The lowest BCUT2D eigenvalue weighted by Crippen LogP contribution is -2.37. The van der Waals surface area contributed by atoms with Crippen molar-refractivity contribution in [3.8, 4) is 0 Å². The average molecular weight is 243 g/mol. The van der Waals surface area contributed by atoms with E-state index in [1.807, 2.05) is 0 Å². The zero-order chi connectivity index (χ0) is 13.2. The molecule has 0 saturated carbocycles. The molecular weight excluding hydrogens is 228 g/mol. The molecule has 0 aliphatic carbocycles. The Hall–Kier alpha value is -1.49. The van der Waals surface area contributed by atoms with Crippen molar-refractivity contribution >= 4 is 5.97 Å². The minimum Gasteiger partial charge on any atom is -0.469 e. The van der Waals surface area contributed by atoms with E-state index in [1.54, 1.807) is 13.8 Å². The lowest BCUT2D eigenvalue weighted by molar-refractivity contribution is -0.152. The van der Waals surface area contributed by atoms with Crippen LogP contribution in [0.4, 0.5) is 8.78 Å². The SMILES string of the molecule is COC(=O)C(C)(C)[C@@H](N)c1ccc(F)cc1F. The number of esters is 1. The molecule has 1 rings (SSSR count). The lowest BCUT2D eigenvalue weighted by atomic mass is 9.81. The van der Waals surface area contributed by atoms with Gasteiger partial charge in [0.2, 0.25) is 0 Å². The van der Waals surface area contributed by atoms with Crippen molar-refractivity contribution in [1.82, 2.24) is 0 Å². The highest BCUT2D eigenvalue weighted by atomic mass is 19.1. The predicted octanol–water partition coefficient (Wildman–Crippen LogP) is 2.16. The van der Waals surface area contributed by atoms with Crippen molar-refractivity contribution in [3.05, 3.63) is 35.4 Å². The number of carbonyl (C=O) groups is 1. The largest absolute Gasteiger partial charge is 0.469 e. The van der Waals surface area contributed by atoms with Gasteiger partial charge in [-0.1, -0.05) is 6.07 Å². The maximum Gasteiger partial charge on any atom is 0.313 e. The van der Waals surface area contributed by atoms with Gasteiger partial charge in [-0.2, -0.15) is 0 Å². The third-order valence-electron chi connectivity index (χ3n) is 2.79. The minimum atomic E-state index is -1.09. The van der Waals surface area contributed by atoms with E-state index in [0.29, 0.717) is 0 Å². The van der Waals surface area contributed by atoms with Crippen molar-refractivity contribution in [2.75, 3.05) is 7.11 Å². The molecular formula is C12H15F2NO2. The molecule has 3 nitrogen and oxygen atoms in total. The van der Waals surface area contributed by atoms with E-state index >= 15 is 0 Å². The van der Waals surface area contributed by atoms with Crippen molar-refractivity contribution in [1.29, 1.82) is 0 Å². The van der Waals surface area contributed by atoms with Gasteiger partial charge in [0.1, 0.15) is 11.6 Å². The van der Waals surface area contributed by atoms with Crippen molar-refractivity contribution < 1.29 is 18.3 Å². The van der Waals surface area contributed by atoms with Crippen LogP contribution < -0.4 is 5.73 Å². The molecule has 5 heteroatoms. The smallest absolute Gasteiger partial charge is 0.313 e. The molecule has 0 aromatic heterocycles. The maximum atomic E-state index is 13.5. The summed E-state index contributed by atoms with van der Waals surface area (Å²) in [6, 6.07) is 2.17. The Kier molecular flexibility index (Phi) is 3.83. The fourth-order valence-electron chi connectivity index (χ4n) is 1.53. The molecule has 2 N–H and O–H groups in total. The Morgan fingerprint density at radius 2 is 2.00 bits per heavy atom. The molecule has 0 bridgehead atoms. The molecule has 1 aromatic rings. The molecule has 0 radical (unpaired) electrons. The van der Waals surface area contributed by atoms with Gasteiger partial charge in [0.25, 0.3) is 0 Å². The third-order valence-corrected chi connectivity index (χ3v) is 2.79. The zero-order valence-electron chi connectivity index (χ0n) is 9.96. The number of rotatable bonds is 3. The summed E-state index contributed by atoms with van der Waals surface area (Å²) in [6.45, 7) is 3.10. The Labute approximate surface area is 98.6 Å². The Balaban J connectivity index is 3.11. The van der Waals surface area contributed by atoms with E-state index in [4.69, 9.17) is 5.73 Å². The van der Waals surface area contributed by atoms with Gasteiger partial charge in [0.15, 0.2) is 0 Å². The van der Waals surface area contributed by atoms with Crippen molar-refractivity contribution in [2.45, 2.75) is 19.9 Å². The van der Waals surface area contributed by atoms with Gasteiger partial charge in [-0.05, 0) is 19.9 Å². The van der Waals surface area contributed by atoms with E-state index in [1.165, 1.54) is 13.2 Å². The summed E-state index contributed by atoms with van der Waals surface area (Å²) in [5.41, 5.74) is 4.83. The van der Waals surface area contributed by atoms with Crippen LogP contribution in [0.3, 0.4) is 0 Å². The van der Waals surface area contributed by atoms with Gasteiger partial charge in [0.05, 0.1) is 12.5 Å². The molecule has 0 heterocycles. The van der Waals surface area contributed by atoms with Crippen LogP contribution in [0.2, 0.25) is 0 Å². The van der Waals surface area contributed by atoms with Crippen LogP contribution in [0.1, 0.15) is 25.5 Å². The van der Waals surface area contributed by atoms with Crippen LogP contribution in [0.5, 0.6) is 0 Å². The van der Waals surface area contributed by atoms with Crippen LogP contribution in [-0.2, 0) is 9.53 Å². The van der Waals surface area contributed by atoms with Crippen molar-refractivity contribution in [3.63, 3.8) is 0 Å². The van der Waals surface area contributed by atoms with Crippen LogP contribution in [0.15, 0.2) is 18.2 Å². The molecule has 0 fully saturated rings. The number of benzene rings is 1. The summed E-state index contributed by atoms with van der Waals surface area (Å²) in [5, 5.41) is 0. The first kappa shape index (κ1) is 13.6. The molecule has 0 amide bonds. The standard InChI is InChI=1S/C12H15F2NO2/c1-12(2,11(16)17-3)10(15)8-5-4-7(13)6-9(8)14/h4-6,10H,15H2,1-3H3/t10-/m0/s1. The molecule has 94 valence electrons. The number of carbonyl (C=O) groups excluding carboxylic acids is 1.